The van der Waals surface area contributed by atoms with Gasteiger partial charge in [0, 0.05) is 11.3 Å². The van der Waals surface area contributed by atoms with E-state index in [0.717, 1.165) is 16.8 Å². The minimum absolute atomic E-state index is 0.0164. The normalized spacial score (nSPS) is 11.2. The maximum atomic E-state index is 12.5. The van der Waals surface area contributed by atoms with Gasteiger partial charge in [-0.25, -0.2) is 0 Å². The summed E-state index contributed by atoms with van der Waals surface area (Å²) in [5.41, 5.74) is 2.75. The quantitative estimate of drug-likeness (QED) is 0.853. The fourth-order valence-corrected chi connectivity index (χ4v) is 3.84. The third kappa shape index (κ3) is 3.17. The Morgan fingerprint density at radius 3 is 2.20 bits per heavy atom. The van der Waals surface area contributed by atoms with E-state index in [4.69, 9.17) is 0 Å². The first-order chi connectivity index (χ1) is 9.39. The molecule has 0 aromatic heterocycles. The van der Waals surface area contributed by atoms with Gasteiger partial charge in [0.15, 0.2) is 0 Å². The van der Waals surface area contributed by atoms with Crippen LogP contribution in [0.25, 0.3) is 0 Å². The van der Waals surface area contributed by atoms with Crippen LogP contribution < -0.4 is 10.5 Å². The minimum atomic E-state index is -1.53. The smallest absolute Gasteiger partial charge is 0.255 e. The number of hydrogen-bond acceptors (Lipinski definition) is 1. The Morgan fingerprint density at radius 2 is 1.55 bits per heavy atom. The van der Waals surface area contributed by atoms with Gasteiger partial charge in [-0.3, -0.25) is 4.79 Å². The molecule has 2 rings (SSSR count). The summed E-state index contributed by atoms with van der Waals surface area (Å²) in [6, 6.07) is 15.8. The standard InChI is InChI=1S/C17H21NOSi/c1-13-9-5-7-11-15(13)18-17(19)14-10-6-8-12-16(14)20(2,3)4/h5-12H,1-4H3,(H,18,19). The lowest BCUT2D eigenvalue weighted by atomic mass is 10.1. The molecule has 0 heterocycles. The molecule has 2 nitrogen and oxygen atoms in total. The molecule has 2 aromatic rings. The molecule has 104 valence electrons. The molecule has 0 saturated heterocycles. The van der Waals surface area contributed by atoms with Crippen molar-refractivity contribution in [1.29, 1.82) is 0 Å². The summed E-state index contributed by atoms with van der Waals surface area (Å²) in [7, 11) is -1.53. The number of amides is 1. The summed E-state index contributed by atoms with van der Waals surface area (Å²) >= 11 is 0. The Labute approximate surface area is 121 Å². The van der Waals surface area contributed by atoms with Crippen molar-refractivity contribution in [3.05, 3.63) is 59.7 Å². The zero-order valence-electron chi connectivity index (χ0n) is 12.5. The summed E-state index contributed by atoms with van der Waals surface area (Å²) in [5.74, 6) is -0.0164. The van der Waals surface area contributed by atoms with E-state index in [2.05, 4.69) is 31.0 Å². The predicted octanol–water partition coefficient (Wildman–Crippen LogP) is 3.79. The predicted molar refractivity (Wildman–Crippen MR) is 88.6 cm³/mol. The lowest BCUT2D eigenvalue weighted by Gasteiger charge is -2.20. The van der Waals surface area contributed by atoms with E-state index in [1.807, 2.05) is 49.4 Å². The summed E-state index contributed by atoms with van der Waals surface area (Å²) in [6.07, 6.45) is 0. The SMILES string of the molecule is Cc1ccccc1NC(=O)c1ccccc1[Si](C)(C)C. The number of hydrogen-bond donors (Lipinski definition) is 1. The van der Waals surface area contributed by atoms with Crippen LogP contribution in [0.3, 0.4) is 0 Å². The van der Waals surface area contributed by atoms with E-state index in [-0.39, 0.29) is 5.91 Å². The zero-order valence-corrected chi connectivity index (χ0v) is 13.5. The second-order valence-corrected chi connectivity index (χ2v) is 11.1. The molecule has 0 saturated carbocycles. The van der Waals surface area contributed by atoms with Crippen molar-refractivity contribution in [3.8, 4) is 0 Å². The average Bonchev–Trinajstić information content (AvgIpc) is 2.40. The van der Waals surface area contributed by atoms with Gasteiger partial charge in [0.05, 0.1) is 8.07 Å². The van der Waals surface area contributed by atoms with Gasteiger partial charge in [-0.15, -0.1) is 0 Å². The van der Waals surface area contributed by atoms with E-state index < -0.39 is 8.07 Å². The number of carbonyl (C=O) groups excluding carboxylic acids is 1. The maximum absolute atomic E-state index is 12.5. The average molecular weight is 283 g/mol. The topological polar surface area (TPSA) is 29.1 Å². The molecule has 0 unspecified atom stereocenters. The maximum Gasteiger partial charge on any atom is 0.255 e. The van der Waals surface area contributed by atoms with E-state index in [1.54, 1.807) is 0 Å². The van der Waals surface area contributed by atoms with Gasteiger partial charge >= 0.3 is 0 Å². The Kier molecular flexibility index (Phi) is 4.09. The fourth-order valence-electron chi connectivity index (χ4n) is 2.24. The molecular weight excluding hydrogens is 262 g/mol. The van der Waals surface area contributed by atoms with Crippen LogP contribution in [-0.2, 0) is 0 Å². The second kappa shape index (κ2) is 5.63. The third-order valence-electron chi connectivity index (χ3n) is 3.37. The highest BCUT2D eigenvalue weighted by Gasteiger charge is 2.23. The number of rotatable bonds is 3. The molecule has 0 aliphatic carbocycles. The molecule has 0 aliphatic heterocycles. The van der Waals surface area contributed by atoms with Crippen molar-refractivity contribution in [3.63, 3.8) is 0 Å². The van der Waals surface area contributed by atoms with Crippen molar-refractivity contribution in [2.24, 2.45) is 0 Å². The second-order valence-electron chi connectivity index (χ2n) is 6.06. The molecule has 0 atom stereocenters. The van der Waals surface area contributed by atoms with Crippen molar-refractivity contribution < 1.29 is 4.79 Å². The molecule has 3 heteroatoms. The molecule has 1 N–H and O–H groups in total. The van der Waals surface area contributed by atoms with Crippen LogP contribution in [0.5, 0.6) is 0 Å². The molecular formula is C17H21NOSi. The van der Waals surface area contributed by atoms with Crippen LogP contribution in [0.4, 0.5) is 5.69 Å². The highest BCUT2D eigenvalue weighted by molar-refractivity contribution is 6.89. The first-order valence-electron chi connectivity index (χ1n) is 6.86. The summed E-state index contributed by atoms with van der Waals surface area (Å²) in [5, 5.41) is 4.22. The van der Waals surface area contributed by atoms with E-state index in [9.17, 15) is 4.79 Å². The van der Waals surface area contributed by atoms with Crippen LogP contribution in [0.2, 0.25) is 19.6 Å². The van der Waals surface area contributed by atoms with Crippen LogP contribution in [0.15, 0.2) is 48.5 Å². The molecule has 0 aliphatic rings. The van der Waals surface area contributed by atoms with Crippen LogP contribution in [0.1, 0.15) is 15.9 Å². The first kappa shape index (κ1) is 14.5. The summed E-state index contributed by atoms with van der Waals surface area (Å²) in [4.78, 5) is 12.5. The number of carbonyl (C=O) groups is 1. The van der Waals surface area contributed by atoms with E-state index >= 15 is 0 Å². The van der Waals surface area contributed by atoms with Gasteiger partial charge in [0.2, 0.25) is 0 Å². The van der Waals surface area contributed by atoms with Crippen LogP contribution in [-0.4, -0.2) is 14.0 Å². The summed E-state index contributed by atoms with van der Waals surface area (Å²) in [6.45, 7) is 8.77. The first-order valence-corrected chi connectivity index (χ1v) is 10.4. The Balaban J connectivity index is 2.34. The van der Waals surface area contributed by atoms with Crippen molar-refractivity contribution in [1.82, 2.24) is 0 Å². The van der Waals surface area contributed by atoms with Crippen molar-refractivity contribution in [2.45, 2.75) is 26.6 Å². The number of nitrogens with one attached hydrogen (secondary N) is 1. The fraction of sp³-hybridized carbons (Fsp3) is 0.235. The molecule has 0 spiro atoms. The largest absolute Gasteiger partial charge is 0.322 e. The highest BCUT2D eigenvalue weighted by atomic mass is 28.3. The number of para-hydroxylation sites is 1. The Hall–Kier alpha value is -1.87. The van der Waals surface area contributed by atoms with Gasteiger partial charge < -0.3 is 5.32 Å². The molecule has 0 radical (unpaired) electrons. The van der Waals surface area contributed by atoms with Gasteiger partial charge in [-0.05, 0) is 29.8 Å². The minimum Gasteiger partial charge on any atom is -0.322 e. The van der Waals surface area contributed by atoms with Crippen LogP contribution >= 0.6 is 0 Å². The summed E-state index contributed by atoms with van der Waals surface area (Å²) < 4.78 is 0. The lowest BCUT2D eigenvalue weighted by molar-refractivity contribution is 0.102. The van der Waals surface area contributed by atoms with Crippen molar-refractivity contribution >= 4 is 24.9 Å². The van der Waals surface area contributed by atoms with E-state index in [1.165, 1.54) is 5.19 Å². The molecule has 0 fully saturated rings. The molecule has 2 aromatic carbocycles. The van der Waals surface area contributed by atoms with Gasteiger partial charge in [0.25, 0.3) is 5.91 Å². The number of benzene rings is 2. The Bertz CT molecular complexity index is 629. The van der Waals surface area contributed by atoms with Crippen LogP contribution in [0, 0.1) is 6.92 Å². The zero-order chi connectivity index (χ0) is 14.8. The Morgan fingerprint density at radius 1 is 0.950 bits per heavy atom. The highest BCUT2D eigenvalue weighted by Crippen LogP contribution is 2.15. The molecule has 0 bridgehead atoms. The van der Waals surface area contributed by atoms with Gasteiger partial charge in [-0.1, -0.05) is 56.0 Å². The lowest BCUT2D eigenvalue weighted by Crippen LogP contribution is -2.42. The van der Waals surface area contributed by atoms with E-state index in [0.29, 0.717) is 0 Å². The molecule has 1 amide bonds. The van der Waals surface area contributed by atoms with Gasteiger partial charge in [0.1, 0.15) is 0 Å². The number of anilines is 1. The third-order valence-corrected chi connectivity index (χ3v) is 5.43. The van der Waals surface area contributed by atoms with Gasteiger partial charge in [-0.2, -0.15) is 0 Å². The monoisotopic (exact) mass is 283 g/mol. The number of aryl methyl sites for hydroxylation is 1. The molecule has 20 heavy (non-hydrogen) atoms. The van der Waals surface area contributed by atoms with Crippen molar-refractivity contribution in [2.75, 3.05) is 5.32 Å².